The molecule has 1 aliphatic rings. The molecular formula is C17H27N3O3S. The van der Waals surface area contributed by atoms with E-state index in [-0.39, 0.29) is 17.7 Å². The summed E-state index contributed by atoms with van der Waals surface area (Å²) in [6.45, 7) is 4.70. The first-order valence-corrected chi connectivity index (χ1v) is 9.94. The maximum absolute atomic E-state index is 12.6. The minimum Gasteiger partial charge on any atom is -0.341 e. The molecule has 24 heavy (non-hydrogen) atoms. The minimum absolute atomic E-state index is 0.0467. The third-order valence-corrected chi connectivity index (χ3v) is 6.70. The first-order valence-electron chi connectivity index (χ1n) is 8.33. The zero-order valence-electron chi connectivity index (χ0n) is 14.6. The lowest BCUT2D eigenvalue weighted by Gasteiger charge is -2.37. The first-order chi connectivity index (χ1) is 11.3. The monoisotopic (exact) mass is 353 g/mol. The van der Waals surface area contributed by atoms with Crippen molar-refractivity contribution in [1.82, 2.24) is 9.21 Å². The summed E-state index contributed by atoms with van der Waals surface area (Å²) in [7, 11) is -1.57. The number of hydrogen-bond donors (Lipinski definition) is 1. The molecule has 1 unspecified atom stereocenters. The summed E-state index contributed by atoms with van der Waals surface area (Å²) in [6, 6.07) is 6.94. The molecule has 1 aromatic carbocycles. The highest BCUT2D eigenvalue weighted by atomic mass is 32.2. The van der Waals surface area contributed by atoms with Crippen LogP contribution in [-0.4, -0.2) is 55.5 Å². The van der Waals surface area contributed by atoms with E-state index < -0.39 is 16.1 Å². The molecular weight excluding hydrogens is 326 g/mol. The topological polar surface area (TPSA) is 83.7 Å². The summed E-state index contributed by atoms with van der Waals surface area (Å²) in [5.41, 5.74) is 8.04. The average Bonchev–Trinajstić information content (AvgIpc) is 2.60. The molecule has 1 aromatic rings. The third kappa shape index (κ3) is 4.15. The summed E-state index contributed by atoms with van der Waals surface area (Å²) in [5.74, 6) is -0.000634. The van der Waals surface area contributed by atoms with E-state index in [9.17, 15) is 13.2 Å². The lowest BCUT2D eigenvalue weighted by atomic mass is 10.0. The fourth-order valence-electron chi connectivity index (χ4n) is 2.99. The number of rotatable bonds is 5. The number of nitrogens with zero attached hydrogens (tertiary/aromatic N) is 2. The smallest absolute Gasteiger partial charge is 0.244 e. The molecule has 0 saturated carbocycles. The number of hydrogen-bond acceptors (Lipinski definition) is 4. The minimum atomic E-state index is -3.19. The van der Waals surface area contributed by atoms with Crippen molar-refractivity contribution >= 4 is 15.9 Å². The van der Waals surface area contributed by atoms with E-state index in [1.54, 1.807) is 18.9 Å². The summed E-state index contributed by atoms with van der Waals surface area (Å²) in [6.07, 6.45) is 1.28. The van der Waals surface area contributed by atoms with Crippen molar-refractivity contribution in [2.24, 2.45) is 5.73 Å². The van der Waals surface area contributed by atoms with E-state index in [2.05, 4.69) is 0 Å². The van der Waals surface area contributed by atoms with Crippen LogP contribution in [0.2, 0.25) is 0 Å². The Morgan fingerprint density at radius 2 is 1.83 bits per heavy atom. The van der Waals surface area contributed by atoms with E-state index >= 15 is 0 Å². The molecule has 2 rings (SSSR count). The predicted octanol–water partition coefficient (Wildman–Crippen LogP) is 1.27. The van der Waals surface area contributed by atoms with Gasteiger partial charge in [-0.25, -0.2) is 12.7 Å². The highest BCUT2D eigenvalue weighted by Gasteiger charge is 2.31. The summed E-state index contributed by atoms with van der Waals surface area (Å²) < 4.78 is 25.4. The number of sulfonamides is 1. The second-order valence-electron chi connectivity index (χ2n) is 6.36. The second kappa shape index (κ2) is 7.63. The molecule has 1 fully saturated rings. The molecule has 1 heterocycles. The molecule has 0 radical (unpaired) electrons. The van der Waals surface area contributed by atoms with Gasteiger partial charge in [-0.05, 0) is 32.3 Å². The van der Waals surface area contributed by atoms with Crippen molar-refractivity contribution in [3.05, 3.63) is 35.4 Å². The van der Waals surface area contributed by atoms with E-state index in [1.807, 2.05) is 31.2 Å². The number of amides is 1. The van der Waals surface area contributed by atoms with Gasteiger partial charge in [-0.3, -0.25) is 4.79 Å². The van der Waals surface area contributed by atoms with E-state index in [0.717, 1.165) is 11.1 Å². The zero-order chi connectivity index (χ0) is 17.9. The van der Waals surface area contributed by atoms with Crippen LogP contribution in [0, 0.1) is 6.92 Å². The van der Waals surface area contributed by atoms with Crippen LogP contribution in [0.1, 0.15) is 36.9 Å². The van der Waals surface area contributed by atoms with Crippen LogP contribution in [0.5, 0.6) is 0 Å². The van der Waals surface area contributed by atoms with Gasteiger partial charge in [0, 0.05) is 26.2 Å². The number of benzene rings is 1. The standard InChI is InChI=1S/C17H27N3O3S/c1-4-24(22,23)19(3)15-9-11-20(12-10-15)17(21)16(18)14-7-5-13(2)6-8-14/h5-8,15-16H,4,9-12,18H2,1-3H3. The molecule has 1 aliphatic heterocycles. The molecule has 134 valence electrons. The summed E-state index contributed by atoms with van der Waals surface area (Å²) in [5, 5.41) is 0. The second-order valence-corrected chi connectivity index (χ2v) is 8.68. The number of aryl methyl sites for hydroxylation is 1. The number of carbonyl (C=O) groups is 1. The van der Waals surface area contributed by atoms with Gasteiger partial charge in [-0.15, -0.1) is 0 Å². The summed E-state index contributed by atoms with van der Waals surface area (Å²) >= 11 is 0. The molecule has 2 N–H and O–H groups in total. The van der Waals surface area contributed by atoms with Gasteiger partial charge in [0.2, 0.25) is 15.9 Å². The number of piperidine rings is 1. The summed E-state index contributed by atoms with van der Waals surface area (Å²) in [4.78, 5) is 14.3. The van der Waals surface area contributed by atoms with Crippen LogP contribution in [0.3, 0.4) is 0 Å². The SMILES string of the molecule is CCS(=O)(=O)N(C)C1CCN(C(=O)C(N)c2ccc(C)cc2)CC1. The molecule has 1 saturated heterocycles. The quantitative estimate of drug-likeness (QED) is 0.864. The Hall–Kier alpha value is -1.44. The Labute approximate surface area is 144 Å². The maximum Gasteiger partial charge on any atom is 0.244 e. The van der Waals surface area contributed by atoms with Crippen molar-refractivity contribution in [2.75, 3.05) is 25.9 Å². The number of nitrogens with two attached hydrogens (primary N) is 1. The molecule has 0 bridgehead atoms. The van der Waals surface area contributed by atoms with Gasteiger partial charge < -0.3 is 10.6 Å². The van der Waals surface area contributed by atoms with Crippen molar-refractivity contribution in [2.45, 2.75) is 38.8 Å². The Morgan fingerprint density at radius 1 is 1.29 bits per heavy atom. The Bertz CT molecular complexity index is 665. The molecule has 0 aliphatic carbocycles. The van der Waals surface area contributed by atoms with Crippen LogP contribution >= 0.6 is 0 Å². The molecule has 0 spiro atoms. The number of carbonyl (C=O) groups excluding carboxylic acids is 1. The van der Waals surface area contributed by atoms with Gasteiger partial charge in [0.25, 0.3) is 0 Å². The fraction of sp³-hybridized carbons (Fsp3) is 0.588. The normalized spacial score (nSPS) is 18.0. The van der Waals surface area contributed by atoms with Crippen LogP contribution < -0.4 is 5.73 Å². The first kappa shape index (κ1) is 18.9. The van der Waals surface area contributed by atoms with Crippen LogP contribution in [-0.2, 0) is 14.8 Å². The molecule has 0 aromatic heterocycles. The van der Waals surface area contributed by atoms with E-state index in [0.29, 0.717) is 25.9 Å². The van der Waals surface area contributed by atoms with Crippen molar-refractivity contribution < 1.29 is 13.2 Å². The van der Waals surface area contributed by atoms with Gasteiger partial charge in [0.05, 0.1) is 5.75 Å². The highest BCUT2D eigenvalue weighted by molar-refractivity contribution is 7.89. The van der Waals surface area contributed by atoms with Gasteiger partial charge in [0.15, 0.2) is 0 Å². The van der Waals surface area contributed by atoms with Crippen molar-refractivity contribution in [3.8, 4) is 0 Å². The molecule has 1 atom stereocenters. The van der Waals surface area contributed by atoms with Gasteiger partial charge in [-0.1, -0.05) is 29.8 Å². The van der Waals surface area contributed by atoms with Crippen LogP contribution in [0.15, 0.2) is 24.3 Å². The number of likely N-dealkylation sites (tertiary alicyclic amines) is 1. The Balaban J connectivity index is 1.96. The van der Waals surface area contributed by atoms with Gasteiger partial charge in [-0.2, -0.15) is 0 Å². The van der Waals surface area contributed by atoms with Crippen molar-refractivity contribution in [3.63, 3.8) is 0 Å². The maximum atomic E-state index is 12.6. The predicted molar refractivity (Wildman–Crippen MR) is 94.9 cm³/mol. The Kier molecular flexibility index (Phi) is 6.01. The van der Waals surface area contributed by atoms with E-state index in [1.165, 1.54) is 4.31 Å². The Morgan fingerprint density at radius 3 is 2.33 bits per heavy atom. The highest BCUT2D eigenvalue weighted by Crippen LogP contribution is 2.21. The van der Waals surface area contributed by atoms with Crippen LogP contribution in [0.25, 0.3) is 0 Å². The van der Waals surface area contributed by atoms with Gasteiger partial charge >= 0.3 is 0 Å². The molecule has 7 heteroatoms. The zero-order valence-corrected chi connectivity index (χ0v) is 15.4. The lowest BCUT2D eigenvalue weighted by molar-refractivity contribution is -0.134. The fourth-order valence-corrected chi connectivity index (χ4v) is 4.07. The third-order valence-electron chi connectivity index (χ3n) is 4.80. The molecule has 6 nitrogen and oxygen atoms in total. The van der Waals surface area contributed by atoms with Crippen LogP contribution in [0.4, 0.5) is 0 Å². The molecule has 1 amide bonds. The lowest BCUT2D eigenvalue weighted by Crippen LogP contribution is -2.49. The van der Waals surface area contributed by atoms with Crippen molar-refractivity contribution in [1.29, 1.82) is 0 Å². The van der Waals surface area contributed by atoms with Gasteiger partial charge in [0.1, 0.15) is 6.04 Å². The average molecular weight is 353 g/mol. The largest absolute Gasteiger partial charge is 0.341 e. The van der Waals surface area contributed by atoms with E-state index in [4.69, 9.17) is 5.73 Å².